The van der Waals surface area contributed by atoms with Crippen LogP contribution in [0.2, 0.25) is 0 Å². The number of hydrogen-bond acceptors (Lipinski definition) is 3. The van der Waals surface area contributed by atoms with Crippen molar-refractivity contribution in [2.75, 3.05) is 0 Å². The number of para-hydroxylation sites is 1. The first-order chi connectivity index (χ1) is 14.3. The zero-order chi connectivity index (χ0) is 20.8. The van der Waals surface area contributed by atoms with Crippen LogP contribution in [0.3, 0.4) is 0 Å². The van der Waals surface area contributed by atoms with Crippen molar-refractivity contribution in [3.05, 3.63) is 42.1 Å². The molecule has 4 bridgehead atoms. The summed E-state index contributed by atoms with van der Waals surface area (Å²) in [5, 5.41) is 11.1. The third kappa shape index (κ3) is 2.21. The molecule has 1 aliphatic heterocycles. The summed E-state index contributed by atoms with van der Waals surface area (Å²) in [4.78, 5) is 32.2. The van der Waals surface area contributed by atoms with E-state index in [4.69, 9.17) is 0 Å². The van der Waals surface area contributed by atoms with Crippen LogP contribution in [0.1, 0.15) is 57.6 Å². The minimum Gasteiger partial charge on any atom is -0.481 e. The smallest absolute Gasteiger partial charge is 0.309 e. The molecule has 1 amide bonds. The van der Waals surface area contributed by atoms with E-state index in [2.05, 4.69) is 35.9 Å². The maximum absolute atomic E-state index is 13.4. The Bertz CT molecular complexity index is 1060. The second kappa shape index (κ2) is 5.83. The highest BCUT2D eigenvalue weighted by Gasteiger charge is 2.65. The van der Waals surface area contributed by atoms with Gasteiger partial charge in [-0.1, -0.05) is 18.2 Å². The van der Waals surface area contributed by atoms with Crippen LogP contribution in [-0.4, -0.2) is 32.9 Å². The number of carboxylic acid groups (broad SMARTS) is 1. The molecule has 0 spiro atoms. The lowest BCUT2D eigenvalue weighted by Gasteiger charge is -2.66. The molecule has 5 nitrogen and oxygen atoms in total. The van der Waals surface area contributed by atoms with Gasteiger partial charge in [-0.05, 0) is 81.4 Å². The van der Waals surface area contributed by atoms with E-state index in [1.54, 1.807) is 0 Å². The van der Waals surface area contributed by atoms with E-state index in [0.717, 1.165) is 43.0 Å². The molecular formula is C25H28N2O3. The van der Waals surface area contributed by atoms with Gasteiger partial charge < -0.3 is 10.0 Å². The van der Waals surface area contributed by atoms with Crippen molar-refractivity contribution in [2.45, 2.75) is 58.0 Å². The molecule has 156 valence electrons. The van der Waals surface area contributed by atoms with Crippen LogP contribution in [-0.2, 0) is 9.59 Å². The topological polar surface area (TPSA) is 70.5 Å². The van der Waals surface area contributed by atoms with E-state index in [1.165, 1.54) is 5.56 Å². The predicted molar refractivity (Wildman–Crippen MR) is 113 cm³/mol. The van der Waals surface area contributed by atoms with Crippen LogP contribution >= 0.6 is 0 Å². The summed E-state index contributed by atoms with van der Waals surface area (Å²) in [5.74, 6) is 0.730. The standard InChI is InChI=1S/C25H28N2O3/c1-24(2)21(18-7-8-26-19-6-4-3-5-17(18)19)27(22(24)28)20-15-9-14-10-16(20)13-25(11-14,12-15)23(29)30/h3-8,14-16,20-21H,9-13H2,1-2H3,(H,29,30)/t14?,15-,16?,20?,21?,25?/m0/s1. The molecule has 1 aromatic heterocycles. The SMILES string of the molecule is CC1(C)C(=O)N(C2C3CC4C[C@H]2CC(C(=O)O)(C4)C3)C1c1ccnc2ccccc12. The lowest BCUT2D eigenvalue weighted by molar-refractivity contribution is -0.202. The molecular weight excluding hydrogens is 376 g/mol. The van der Waals surface area contributed by atoms with Gasteiger partial charge >= 0.3 is 5.97 Å². The Hall–Kier alpha value is -2.43. The average molecular weight is 405 g/mol. The largest absolute Gasteiger partial charge is 0.481 e. The first-order valence-corrected chi connectivity index (χ1v) is 11.2. The van der Waals surface area contributed by atoms with Crippen LogP contribution in [0.25, 0.3) is 10.9 Å². The number of fused-ring (bicyclic) bond motifs is 1. The second-order valence-corrected chi connectivity index (χ2v) is 10.8. The molecule has 5 fully saturated rings. The fourth-order valence-corrected chi connectivity index (χ4v) is 7.76. The monoisotopic (exact) mass is 404 g/mol. The van der Waals surface area contributed by atoms with Crippen molar-refractivity contribution in [3.8, 4) is 0 Å². The molecule has 2 aromatic rings. The van der Waals surface area contributed by atoms with Crippen LogP contribution in [0.15, 0.2) is 36.5 Å². The summed E-state index contributed by atoms with van der Waals surface area (Å²) in [5.41, 5.74) is 1.13. The molecule has 1 aromatic carbocycles. The van der Waals surface area contributed by atoms with Gasteiger partial charge in [0.2, 0.25) is 5.91 Å². The van der Waals surface area contributed by atoms with Crippen molar-refractivity contribution in [3.63, 3.8) is 0 Å². The Morgan fingerprint density at radius 1 is 1.10 bits per heavy atom. The highest BCUT2D eigenvalue weighted by Crippen LogP contribution is 2.64. The van der Waals surface area contributed by atoms with Crippen molar-refractivity contribution in [1.82, 2.24) is 9.88 Å². The third-order valence-corrected chi connectivity index (χ3v) is 8.72. The molecule has 4 saturated carbocycles. The second-order valence-electron chi connectivity index (χ2n) is 10.8. The number of β-lactam (4-membered cyclic amide) rings is 1. The van der Waals surface area contributed by atoms with Gasteiger partial charge in [-0.25, -0.2) is 0 Å². The van der Waals surface area contributed by atoms with Crippen molar-refractivity contribution in [1.29, 1.82) is 0 Å². The summed E-state index contributed by atoms with van der Waals surface area (Å²) >= 11 is 0. The van der Waals surface area contributed by atoms with Crippen molar-refractivity contribution in [2.24, 2.45) is 28.6 Å². The van der Waals surface area contributed by atoms with E-state index in [0.29, 0.717) is 17.8 Å². The minimum atomic E-state index is -0.618. The van der Waals surface area contributed by atoms with Gasteiger partial charge in [0.15, 0.2) is 0 Å². The maximum Gasteiger partial charge on any atom is 0.309 e. The molecule has 1 saturated heterocycles. The molecule has 6 atom stereocenters. The average Bonchev–Trinajstić information content (AvgIpc) is 2.71. The highest BCUT2D eigenvalue weighted by atomic mass is 16.4. The number of carbonyl (C=O) groups is 2. The number of pyridine rings is 1. The quantitative estimate of drug-likeness (QED) is 0.769. The normalized spacial score (nSPS) is 38.7. The molecule has 5 heteroatoms. The molecule has 5 unspecified atom stereocenters. The van der Waals surface area contributed by atoms with E-state index in [9.17, 15) is 14.7 Å². The predicted octanol–water partition coefficient (Wildman–Crippen LogP) is 4.42. The van der Waals surface area contributed by atoms with Gasteiger partial charge in [0, 0.05) is 17.6 Å². The van der Waals surface area contributed by atoms with Crippen molar-refractivity contribution >= 4 is 22.8 Å². The third-order valence-electron chi connectivity index (χ3n) is 8.72. The summed E-state index contributed by atoms with van der Waals surface area (Å²) in [7, 11) is 0. The van der Waals surface area contributed by atoms with E-state index in [1.807, 2.05) is 24.4 Å². The number of carbonyl (C=O) groups excluding carboxylic acids is 1. The molecule has 0 radical (unpaired) electrons. The number of carboxylic acids is 1. The fourth-order valence-electron chi connectivity index (χ4n) is 7.76. The molecule has 1 N–H and O–H groups in total. The van der Waals surface area contributed by atoms with Gasteiger partial charge in [-0.15, -0.1) is 0 Å². The van der Waals surface area contributed by atoms with E-state index in [-0.39, 0.29) is 18.0 Å². The Morgan fingerprint density at radius 2 is 1.80 bits per heavy atom. The summed E-state index contributed by atoms with van der Waals surface area (Å²) < 4.78 is 0. The Labute approximate surface area is 176 Å². The highest BCUT2D eigenvalue weighted by molar-refractivity contribution is 5.93. The lowest BCUT2D eigenvalue weighted by Crippen LogP contribution is -2.70. The Morgan fingerprint density at radius 3 is 2.50 bits per heavy atom. The fraction of sp³-hybridized carbons (Fsp3) is 0.560. The Kier molecular flexibility index (Phi) is 3.57. The number of nitrogens with zero attached hydrogens (tertiary/aromatic N) is 2. The molecule has 7 rings (SSSR count). The maximum atomic E-state index is 13.4. The number of likely N-dealkylation sites (tertiary alicyclic amines) is 1. The first kappa shape index (κ1) is 18.3. The zero-order valence-electron chi connectivity index (χ0n) is 17.5. The van der Waals surface area contributed by atoms with Crippen molar-refractivity contribution < 1.29 is 14.7 Å². The van der Waals surface area contributed by atoms with Gasteiger partial charge in [0.1, 0.15) is 0 Å². The van der Waals surface area contributed by atoms with Gasteiger partial charge in [-0.3, -0.25) is 14.6 Å². The number of hydrogen-bond donors (Lipinski definition) is 1. The zero-order valence-corrected chi connectivity index (χ0v) is 17.5. The van der Waals surface area contributed by atoms with Crippen LogP contribution in [0.5, 0.6) is 0 Å². The van der Waals surface area contributed by atoms with Crippen LogP contribution < -0.4 is 0 Å². The Balaban J connectivity index is 1.42. The number of amides is 1. The number of rotatable bonds is 3. The molecule has 30 heavy (non-hydrogen) atoms. The first-order valence-electron chi connectivity index (χ1n) is 11.2. The summed E-state index contributed by atoms with van der Waals surface area (Å²) in [6, 6.07) is 10.4. The van der Waals surface area contributed by atoms with E-state index < -0.39 is 16.8 Å². The van der Waals surface area contributed by atoms with Gasteiger partial charge in [0.05, 0.1) is 22.4 Å². The molecule has 5 aliphatic rings. The van der Waals surface area contributed by atoms with E-state index >= 15 is 0 Å². The lowest BCUT2D eigenvalue weighted by atomic mass is 9.47. The summed E-state index contributed by atoms with van der Waals surface area (Å²) in [6.45, 7) is 4.11. The number of aromatic nitrogens is 1. The van der Waals surface area contributed by atoms with Gasteiger partial charge in [-0.2, -0.15) is 0 Å². The van der Waals surface area contributed by atoms with Crippen LogP contribution in [0.4, 0.5) is 0 Å². The van der Waals surface area contributed by atoms with Gasteiger partial charge in [0.25, 0.3) is 0 Å². The summed E-state index contributed by atoms with van der Waals surface area (Å²) in [6.07, 6.45) is 6.29. The van der Waals surface area contributed by atoms with Crippen LogP contribution in [0, 0.1) is 28.6 Å². The minimum absolute atomic E-state index is 0.0150. The number of benzene rings is 1. The number of aliphatic carboxylic acids is 1. The molecule has 4 aliphatic carbocycles. The molecule has 2 heterocycles.